The summed E-state index contributed by atoms with van der Waals surface area (Å²) in [6.07, 6.45) is 1.33. The van der Waals surface area contributed by atoms with E-state index in [0.29, 0.717) is 17.9 Å². The number of fused-ring (bicyclic) bond motifs is 1. The van der Waals surface area contributed by atoms with Crippen molar-refractivity contribution in [3.63, 3.8) is 0 Å². The number of aromatic amines is 1. The second-order valence-corrected chi connectivity index (χ2v) is 5.16. The zero-order chi connectivity index (χ0) is 17.1. The van der Waals surface area contributed by atoms with Gasteiger partial charge >= 0.3 is 0 Å². The molecule has 0 aromatic carbocycles. The third kappa shape index (κ3) is 2.55. The number of aromatic nitrogens is 4. The lowest BCUT2D eigenvalue weighted by Gasteiger charge is -2.15. The maximum Gasteiger partial charge on any atom is 0.279 e. The van der Waals surface area contributed by atoms with E-state index in [-0.39, 0.29) is 29.6 Å². The summed E-state index contributed by atoms with van der Waals surface area (Å²) in [6, 6.07) is -0.208. The number of nitrogens with zero attached hydrogens (tertiary/aromatic N) is 3. The van der Waals surface area contributed by atoms with Crippen LogP contribution in [0.2, 0.25) is 0 Å². The van der Waals surface area contributed by atoms with Crippen LogP contribution in [0.15, 0.2) is 23.3 Å². The molecule has 0 amide bonds. The molecule has 120 valence electrons. The molecule has 7 nitrogen and oxygen atoms in total. The Bertz CT molecular complexity index is 760. The fourth-order valence-corrected chi connectivity index (χ4v) is 2.83. The SMILES string of the molecule is C=C1[C@H](CO)[C@@H](O)C[C@@H]1n1cnc2c(=O)[nH]c(C)nc21.[2H]CF. The highest BCUT2D eigenvalue weighted by Gasteiger charge is 2.37. The van der Waals surface area contributed by atoms with E-state index < -0.39 is 13.3 Å². The van der Waals surface area contributed by atoms with Crippen molar-refractivity contribution in [2.75, 3.05) is 13.8 Å². The van der Waals surface area contributed by atoms with E-state index in [1.165, 1.54) is 6.33 Å². The molecule has 1 aliphatic carbocycles. The Morgan fingerprint density at radius 3 is 2.95 bits per heavy atom. The molecule has 2 aromatic rings. The topological polar surface area (TPSA) is 104 Å². The highest BCUT2D eigenvalue weighted by Crippen LogP contribution is 2.39. The summed E-state index contributed by atoms with van der Waals surface area (Å²) in [5, 5.41) is 19.3. The maximum absolute atomic E-state index is 11.8. The molecule has 0 spiro atoms. The number of aliphatic hydroxyl groups excluding tert-OH is 2. The second kappa shape index (κ2) is 6.37. The molecule has 0 bridgehead atoms. The molecule has 2 heterocycles. The van der Waals surface area contributed by atoms with E-state index >= 15 is 0 Å². The number of alkyl halides is 1. The van der Waals surface area contributed by atoms with E-state index in [1.807, 2.05) is 0 Å². The number of nitrogens with one attached hydrogen (secondary N) is 1. The molecule has 1 fully saturated rings. The minimum Gasteiger partial charge on any atom is -0.396 e. The van der Waals surface area contributed by atoms with Crippen LogP contribution in [0.5, 0.6) is 0 Å². The monoisotopic (exact) mass is 311 g/mol. The lowest BCUT2D eigenvalue weighted by molar-refractivity contribution is 0.101. The largest absolute Gasteiger partial charge is 0.396 e. The Balaban J connectivity index is 0.000000595. The van der Waals surface area contributed by atoms with Gasteiger partial charge in [-0.15, -0.1) is 0 Å². The van der Waals surface area contributed by atoms with E-state index in [1.54, 1.807) is 11.5 Å². The van der Waals surface area contributed by atoms with Crippen LogP contribution in [0.3, 0.4) is 0 Å². The van der Waals surface area contributed by atoms with Gasteiger partial charge in [0.15, 0.2) is 11.2 Å². The Hall–Kier alpha value is -2.06. The van der Waals surface area contributed by atoms with E-state index in [4.69, 9.17) is 1.37 Å². The van der Waals surface area contributed by atoms with Gasteiger partial charge in [-0.2, -0.15) is 0 Å². The minimum atomic E-state index is -1.00. The normalized spacial score (nSPS) is 25.0. The molecule has 0 saturated heterocycles. The first-order valence-corrected chi connectivity index (χ1v) is 6.70. The second-order valence-electron chi connectivity index (χ2n) is 5.16. The lowest BCUT2D eigenvalue weighted by atomic mass is 10.0. The molecule has 2 aromatic heterocycles. The van der Waals surface area contributed by atoms with Gasteiger partial charge in [-0.05, 0) is 18.9 Å². The van der Waals surface area contributed by atoms with Gasteiger partial charge < -0.3 is 19.8 Å². The molecular weight excluding hydrogens is 291 g/mol. The Morgan fingerprint density at radius 1 is 1.68 bits per heavy atom. The fourth-order valence-electron chi connectivity index (χ4n) is 2.83. The molecule has 8 heteroatoms. The van der Waals surface area contributed by atoms with Gasteiger partial charge in [-0.3, -0.25) is 9.18 Å². The fraction of sp³-hybridized carbons (Fsp3) is 0.500. The van der Waals surface area contributed by atoms with Crippen molar-refractivity contribution >= 4 is 11.2 Å². The number of hydrogen-bond acceptors (Lipinski definition) is 5. The molecule has 1 aliphatic rings. The summed E-state index contributed by atoms with van der Waals surface area (Å²) in [5.41, 5.74) is 1.20. The first kappa shape index (κ1) is 14.9. The van der Waals surface area contributed by atoms with Crippen molar-refractivity contribution in [2.24, 2.45) is 5.92 Å². The summed E-state index contributed by atoms with van der Waals surface area (Å²) in [4.78, 5) is 22.8. The summed E-state index contributed by atoms with van der Waals surface area (Å²) >= 11 is 0. The van der Waals surface area contributed by atoms with Gasteiger partial charge in [0.05, 0.1) is 33.6 Å². The Labute approximate surface area is 127 Å². The summed E-state index contributed by atoms with van der Waals surface area (Å²) in [6.45, 7) is 5.52. The molecule has 3 atom stereocenters. The highest BCUT2D eigenvalue weighted by atomic mass is 19.1. The molecule has 3 rings (SSSR count). The van der Waals surface area contributed by atoms with Crippen LogP contribution < -0.4 is 5.56 Å². The summed E-state index contributed by atoms with van der Waals surface area (Å²) < 4.78 is 17.2. The van der Waals surface area contributed by atoms with Gasteiger partial charge in [0.25, 0.3) is 5.56 Å². The zero-order valence-corrected chi connectivity index (χ0v) is 12.2. The quantitative estimate of drug-likeness (QED) is 0.700. The highest BCUT2D eigenvalue weighted by molar-refractivity contribution is 5.69. The van der Waals surface area contributed by atoms with Gasteiger partial charge in [0.2, 0.25) is 0 Å². The molecular formula is C14H19FN4O3. The standard InChI is InChI=1S/C13H16N4O3.CH3F/c1-6-8(4-18)10(19)3-9(6)17-5-14-11-12(17)15-7(2)16-13(11)20;1-2/h5,8-10,18-19H,1,3-4H2,2H3,(H,15,16,20);1H3/t8-,9-,10-;/m0./s1/i;1D. The third-order valence-corrected chi connectivity index (χ3v) is 3.92. The average Bonchev–Trinajstić information content (AvgIpc) is 3.01. The van der Waals surface area contributed by atoms with E-state index in [2.05, 4.69) is 21.5 Å². The number of aryl methyl sites for hydroxylation is 1. The first-order chi connectivity index (χ1) is 10.9. The number of aliphatic hydroxyl groups is 2. The van der Waals surface area contributed by atoms with Crippen LogP contribution in [-0.4, -0.2) is 49.6 Å². The van der Waals surface area contributed by atoms with Crippen molar-refractivity contribution in [2.45, 2.75) is 25.5 Å². The molecule has 22 heavy (non-hydrogen) atoms. The van der Waals surface area contributed by atoms with Crippen LogP contribution in [0.25, 0.3) is 11.2 Å². The summed E-state index contributed by atoms with van der Waals surface area (Å²) in [7, 11) is -1.00. The third-order valence-electron chi connectivity index (χ3n) is 3.92. The molecule has 1 saturated carbocycles. The Morgan fingerprint density at radius 2 is 2.36 bits per heavy atom. The van der Waals surface area contributed by atoms with Crippen LogP contribution >= 0.6 is 0 Å². The minimum absolute atomic E-state index is 0.143. The smallest absolute Gasteiger partial charge is 0.279 e. The van der Waals surface area contributed by atoms with Crippen molar-refractivity contribution in [1.29, 1.82) is 0 Å². The van der Waals surface area contributed by atoms with Crippen LogP contribution in [0.4, 0.5) is 4.39 Å². The van der Waals surface area contributed by atoms with Crippen molar-refractivity contribution in [1.82, 2.24) is 19.5 Å². The van der Waals surface area contributed by atoms with E-state index in [9.17, 15) is 19.4 Å². The molecule has 0 unspecified atom stereocenters. The van der Waals surface area contributed by atoms with E-state index in [0.717, 1.165) is 5.57 Å². The Kier molecular flexibility index (Phi) is 4.30. The number of rotatable bonds is 2. The zero-order valence-electron chi connectivity index (χ0n) is 13.2. The van der Waals surface area contributed by atoms with Gasteiger partial charge in [0, 0.05) is 5.92 Å². The van der Waals surface area contributed by atoms with Crippen LogP contribution in [0, 0.1) is 12.8 Å². The summed E-state index contributed by atoms with van der Waals surface area (Å²) in [5.74, 6) is 0.160. The van der Waals surface area contributed by atoms with Crippen molar-refractivity contribution in [3.8, 4) is 0 Å². The predicted octanol–water partition coefficient (Wildman–Crippen LogP) is 0.484. The molecule has 0 aliphatic heterocycles. The number of hydrogen-bond donors (Lipinski definition) is 3. The molecule has 0 radical (unpaired) electrons. The first-order valence-electron chi connectivity index (χ1n) is 7.41. The number of halogens is 1. The van der Waals surface area contributed by atoms with Crippen LogP contribution in [-0.2, 0) is 0 Å². The van der Waals surface area contributed by atoms with Gasteiger partial charge in [-0.25, -0.2) is 9.97 Å². The van der Waals surface area contributed by atoms with Crippen molar-refractivity contribution in [3.05, 3.63) is 34.7 Å². The van der Waals surface area contributed by atoms with Gasteiger partial charge in [0.1, 0.15) is 5.82 Å². The number of imidazole rings is 1. The van der Waals surface area contributed by atoms with Crippen LogP contribution in [0.1, 0.15) is 19.7 Å². The predicted molar refractivity (Wildman–Crippen MR) is 79.3 cm³/mol. The average molecular weight is 311 g/mol. The maximum atomic E-state index is 11.8. The van der Waals surface area contributed by atoms with Crippen molar-refractivity contribution < 1.29 is 16.0 Å². The molecule has 3 N–H and O–H groups in total. The number of H-pyrrole nitrogens is 1. The van der Waals surface area contributed by atoms with Gasteiger partial charge in [-0.1, -0.05) is 6.58 Å². The lowest BCUT2D eigenvalue weighted by Crippen LogP contribution is -2.17.